The Kier molecular flexibility index (Phi) is 4.27. The van der Waals surface area contributed by atoms with Gasteiger partial charge in [0.15, 0.2) is 0 Å². The second-order valence-corrected chi connectivity index (χ2v) is 7.43. The van der Waals surface area contributed by atoms with E-state index >= 15 is 0 Å². The van der Waals surface area contributed by atoms with Crippen molar-refractivity contribution < 1.29 is 9.63 Å². The molecular weight excluding hydrogens is 215 g/mol. The average Bonchev–Trinajstić information content (AvgIpc) is 2.18. The fraction of sp³-hybridized carbons (Fsp3) is 0.400. The van der Waals surface area contributed by atoms with E-state index in [-0.39, 0.29) is 12.5 Å². The molecule has 1 atom stereocenters. The van der Waals surface area contributed by atoms with E-state index in [0.29, 0.717) is 0 Å². The van der Waals surface area contributed by atoms with E-state index in [1.54, 1.807) is 0 Å². The second kappa shape index (κ2) is 5.04. The summed E-state index contributed by atoms with van der Waals surface area (Å²) in [7, 11) is 0. The van der Waals surface area contributed by atoms with E-state index in [9.17, 15) is 5.11 Å². The largest absolute Gasteiger partial charge is 0.388 e. The van der Waals surface area contributed by atoms with E-state index in [0.717, 1.165) is 5.30 Å². The maximum atomic E-state index is 9.31. The van der Waals surface area contributed by atoms with Gasteiger partial charge in [0, 0.05) is 5.30 Å². The number of hydrogen-bond acceptors (Lipinski definition) is 3. The fourth-order valence-corrected chi connectivity index (χ4v) is 3.71. The Morgan fingerprint density at radius 1 is 1.36 bits per heavy atom. The van der Waals surface area contributed by atoms with Crippen molar-refractivity contribution in [1.82, 2.24) is 0 Å². The van der Waals surface area contributed by atoms with Gasteiger partial charge in [0.1, 0.15) is 6.26 Å². The first-order valence-electron chi connectivity index (χ1n) is 4.52. The van der Waals surface area contributed by atoms with Crippen molar-refractivity contribution >= 4 is 23.4 Å². The number of benzene rings is 1. The van der Waals surface area contributed by atoms with E-state index in [4.69, 9.17) is 16.3 Å². The number of aliphatic hydroxyl groups is 1. The SMILES string of the molecule is CC(C)OP(=S)(CO)c1ccccc1. The van der Waals surface area contributed by atoms with Crippen molar-refractivity contribution in [3.63, 3.8) is 0 Å². The zero-order valence-electron chi connectivity index (χ0n) is 8.38. The Labute approximate surface area is 90.0 Å². The highest BCUT2D eigenvalue weighted by Crippen LogP contribution is 2.45. The molecule has 1 aromatic carbocycles. The van der Waals surface area contributed by atoms with E-state index in [1.807, 2.05) is 44.2 Å². The molecule has 0 heterocycles. The minimum absolute atomic E-state index is 0.0492. The Balaban J connectivity index is 2.97. The molecule has 0 saturated heterocycles. The van der Waals surface area contributed by atoms with Crippen LogP contribution in [-0.4, -0.2) is 17.6 Å². The monoisotopic (exact) mass is 230 g/mol. The van der Waals surface area contributed by atoms with Gasteiger partial charge in [-0.05, 0) is 13.8 Å². The third kappa shape index (κ3) is 2.89. The Hall–Kier alpha value is -0.210. The average molecular weight is 230 g/mol. The lowest BCUT2D eigenvalue weighted by molar-refractivity contribution is 0.254. The van der Waals surface area contributed by atoms with Crippen LogP contribution in [0.25, 0.3) is 0 Å². The molecule has 0 radical (unpaired) electrons. The van der Waals surface area contributed by atoms with Crippen LogP contribution >= 0.6 is 6.26 Å². The lowest BCUT2D eigenvalue weighted by Crippen LogP contribution is -2.13. The molecule has 0 aliphatic carbocycles. The molecule has 1 aromatic rings. The normalized spacial score (nSPS) is 15.4. The quantitative estimate of drug-likeness (QED) is 0.803. The van der Waals surface area contributed by atoms with Gasteiger partial charge in [-0.1, -0.05) is 42.1 Å². The topological polar surface area (TPSA) is 29.5 Å². The van der Waals surface area contributed by atoms with Crippen molar-refractivity contribution in [2.45, 2.75) is 20.0 Å². The highest BCUT2D eigenvalue weighted by molar-refractivity contribution is 8.15. The minimum Gasteiger partial charge on any atom is -0.388 e. The molecule has 0 spiro atoms. The van der Waals surface area contributed by atoms with Crippen LogP contribution in [0, 0.1) is 0 Å². The molecule has 0 bridgehead atoms. The van der Waals surface area contributed by atoms with E-state index in [1.165, 1.54) is 0 Å². The van der Waals surface area contributed by atoms with Crippen LogP contribution in [0.4, 0.5) is 0 Å². The Morgan fingerprint density at radius 3 is 2.36 bits per heavy atom. The van der Waals surface area contributed by atoms with Gasteiger partial charge in [0.05, 0.1) is 12.5 Å². The maximum absolute atomic E-state index is 9.31. The summed E-state index contributed by atoms with van der Waals surface area (Å²) in [6, 6.07) is 9.58. The molecule has 1 N–H and O–H groups in total. The highest BCUT2D eigenvalue weighted by Gasteiger charge is 2.20. The first-order chi connectivity index (χ1) is 6.58. The molecule has 1 rings (SSSR count). The Morgan fingerprint density at radius 2 is 1.93 bits per heavy atom. The fourth-order valence-electron chi connectivity index (χ4n) is 1.17. The highest BCUT2D eigenvalue weighted by atomic mass is 32.4. The van der Waals surface area contributed by atoms with Gasteiger partial charge in [-0.2, -0.15) is 0 Å². The zero-order valence-corrected chi connectivity index (χ0v) is 10.1. The molecule has 0 fully saturated rings. The summed E-state index contributed by atoms with van der Waals surface area (Å²) < 4.78 is 5.65. The standard InChI is InChI=1S/C10H15O2PS/c1-9(2)12-13(14,8-11)10-6-4-3-5-7-10/h3-7,9,11H,8H2,1-2H3. The summed E-state index contributed by atoms with van der Waals surface area (Å²) >= 11 is 5.38. The van der Waals surface area contributed by atoms with Crippen molar-refractivity contribution in [2.24, 2.45) is 0 Å². The molecule has 0 amide bonds. The number of hydrogen-bond donors (Lipinski definition) is 1. The summed E-state index contributed by atoms with van der Waals surface area (Å²) in [5.74, 6) is 0. The summed E-state index contributed by atoms with van der Waals surface area (Å²) in [6.45, 7) is 3.86. The molecule has 1 unspecified atom stereocenters. The third-order valence-electron chi connectivity index (χ3n) is 1.72. The Bertz CT molecular complexity index is 324. The van der Waals surface area contributed by atoms with Crippen LogP contribution in [0.1, 0.15) is 13.8 Å². The maximum Gasteiger partial charge on any atom is 0.119 e. The zero-order chi connectivity index (χ0) is 10.6. The first kappa shape index (κ1) is 11.9. The van der Waals surface area contributed by atoms with Gasteiger partial charge in [0.2, 0.25) is 0 Å². The summed E-state index contributed by atoms with van der Waals surface area (Å²) in [5, 5.41) is 10.2. The lowest BCUT2D eigenvalue weighted by atomic mass is 10.4. The number of rotatable bonds is 4. The molecule has 0 aromatic heterocycles. The molecule has 4 heteroatoms. The van der Waals surface area contributed by atoms with Gasteiger partial charge >= 0.3 is 0 Å². The second-order valence-electron chi connectivity index (χ2n) is 3.30. The first-order valence-corrected chi connectivity index (χ1v) is 7.43. The van der Waals surface area contributed by atoms with Crippen LogP contribution in [0.15, 0.2) is 30.3 Å². The van der Waals surface area contributed by atoms with E-state index < -0.39 is 6.26 Å². The predicted octanol–water partition coefficient (Wildman–Crippen LogP) is 2.08. The van der Waals surface area contributed by atoms with Crippen LogP contribution < -0.4 is 5.30 Å². The number of aliphatic hydroxyl groups excluding tert-OH is 1. The molecule has 2 nitrogen and oxygen atoms in total. The van der Waals surface area contributed by atoms with Gasteiger partial charge < -0.3 is 9.63 Å². The van der Waals surface area contributed by atoms with Crippen molar-refractivity contribution in [2.75, 3.05) is 6.35 Å². The van der Waals surface area contributed by atoms with Crippen molar-refractivity contribution in [1.29, 1.82) is 0 Å². The summed E-state index contributed by atoms with van der Waals surface area (Å²) in [4.78, 5) is 0. The van der Waals surface area contributed by atoms with Gasteiger partial charge in [-0.25, -0.2) is 0 Å². The predicted molar refractivity (Wildman–Crippen MR) is 63.7 cm³/mol. The van der Waals surface area contributed by atoms with Crippen LogP contribution in [0.5, 0.6) is 0 Å². The van der Waals surface area contributed by atoms with Crippen molar-refractivity contribution in [3.8, 4) is 0 Å². The molecule has 14 heavy (non-hydrogen) atoms. The molecule has 0 aliphatic rings. The van der Waals surface area contributed by atoms with Crippen LogP contribution in [0.3, 0.4) is 0 Å². The van der Waals surface area contributed by atoms with Gasteiger partial charge in [-0.3, -0.25) is 0 Å². The molecule has 78 valence electrons. The van der Waals surface area contributed by atoms with Gasteiger partial charge in [0.25, 0.3) is 0 Å². The third-order valence-corrected chi connectivity index (χ3v) is 5.17. The smallest absolute Gasteiger partial charge is 0.119 e. The minimum atomic E-state index is -2.22. The molecule has 0 aliphatic heterocycles. The summed E-state index contributed by atoms with van der Waals surface area (Å²) in [6.07, 6.45) is -2.25. The summed E-state index contributed by atoms with van der Waals surface area (Å²) in [5.41, 5.74) is 0. The molecular formula is C10H15O2PS. The molecule has 0 saturated carbocycles. The van der Waals surface area contributed by atoms with Gasteiger partial charge in [-0.15, -0.1) is 0 Å². The lowest BCUT2D eigenvalue weighted by Gasteiger charge is -2.22. The van der Waals surface area contributed by atoms with E-state index in [2.05, 4.69) is 0 Å². The van der Waals surface area contributed by atoms with Crippen LogP contribution in [0.2, 0.25) is 0 Å². The van der Waals surface area contributed by atoms with Crippen molar-refractivity contribution in [3.05, 3.63) is 30.3 Å². The van der Waals surface area contributed by atoms with Crippen LogP contribution in [-0.2, 0) is 16.3 Å².